The van der Waals surface area contributed by atoms with Crippen LogP contribution in [0.1, 0.15) is 45.4 Å². The molecule has 2 unspecified atom stereocenters. The summed E-state index contributed by atoms with van der Waals surface area (Å²) in [6.07, 6.45) is 5.00. The molecule has 4 nitrogen and oxygen atoms in total. The van der Waals surface area contributed by atoms with Crippen LogP contribution in [0.5, 0.6) is 0 Å². The van der Waals surface area contributed by atoms with Gasteiger partial charge in [0, 0.05) is 29.9 Å². The molecule has 1 fully saturated rings. The molecule has 1 aliphatic carbocycles. The van der Waals surface area contributed by atoms with E-state index in [0.717, 1.165) is 12.8 Å². The Morgan fingerprint density at radius 3 is 2.71 bits per heavy atom. The number of hydrogen-bond acceptors (Lipinski definition) is 4. The number of carbonyl (C=O) groups is 2. The van der Waals surface area contributed by atoms with Crippen LogP contribution in [-0.4, -0.2) is 33.6 Å². The predicted octanol–water partition coefficient (Wildman–Crippen LogP) is 1.59. The Morgan fingerprint density at radius 1 is 1.47 bits per heavy atom. The Morgan fingerprint density at radius 2 is 2.18 bits per heavy atom. The summed E-state index contributed by atoms with van der Waals surface area (Å²) >= 11 is 0. The number of hydrogen-bond donors (Lipinski definition) is 0. The van der Waals surface area contributed by atoms with Crippen LogP contribution in [0.3, 0.4) is 0 Å². The summed E-state index contributed by atoms with van der Waals surface area (Å²) in [5.74, 6) is -0.260. The number of ether oxygens (including phenoxy) is 1. The van der Waals surface area contributed by atoms with E-state index in [-0.39, 0.29) is 18.2 Å². The first-order valence-corrected chi connectivity index (χ1v) is 7.61. The molecule has 1 saturated carbocycles. The number of Topliss-reactive ketones (excluding diaryl/α,β-unsaturated/α-hetero) is 1. The van der Waals surface area contributed by atoms with Gasteiger partial charge in [-0.2, -0.15) is 0 Å². The first-order valence-electron chi connectivity index (χ1n) is 6.05. The standard InChI is InChI=1S/C12H20O4S/c1-3-16-11(14)7-9-12(17(2)15)8-5-4-6-10(12)13/h3-9H2,1-2H3. The van der Waals surface area contributed by atoms with Gasteiger partial charge in [0.05, 0.1) is 6.61 Å². The Hall–Kier alpha value is -0.710. The van der Waals surface area contributed by atoms with Gasteiger partial charge in [-0.05, 0) is 26.2 Å². The third-order valence-corrected chi connectivity index (χ3v) is 5.07. The van der Waals surface area contributed by atoms with E-state index < -0.39 is 15.5 Å². The zero-order valence-corrected chi connectivity index (χ0v) is 11.3. The predicted molar refractivity (Wildman–Crippen MR) is 66.1 cm³/mol. The zero-order chi connectivity index (χ0) is 12.9. The maximum absolute atomic E-state index is 12.0. The third kappa shape index (κ3) is 3.37. The molecule has 0 saturated heterocycles. The minimum Gasteiger partial charge on any atom is -0.466 e. The monoisotopic (exact) mass is 260 g/mol. The Balaban J connectivity index is 2.68. The molecule has 0 amide bonds. The highest BCUT2D eigenvalue weighted by Gasteiger charge is 2.43. The molecular formula is C12H20O4S. The molecule has 0 N–H and O–H groups in total. The summed E-state index contributed by atoms with van der Waals surface area (Å²) in [5.41, 5.74) is 0. The Labute approximate surface area is 105 Å². The largest absolute Gasteiger partial charge is 0.466 e. The van der Waals surface area contributed by atoms with Crippen molar-refractivity contribution in [1.82, 2.24) is 0 Å². The van der Waals surface area contributed by atoms with E-state index in [4.69, 9.17) is 4.74 Å². The molecule has 5 heteroatoms. The van der Waals surface area contributed by atoms with Crippen LogP contribution in [0, 0.1) is 0 Å². The van der Waals surface area contributed by atoms with Crippen molar-refractivity contribution in [3.05, 3.63) is 0 Å². The zero-order valence-electron chi connectivity index (χ0n) is 10.5. The molecule has 0 aromatic rings. The number of rotatable bonds is 5. The molecule has 0 aromatic carbocycles. The van der Waals surface area contributed by atoms with E-state index in [1.807, 2.05) is 0 Å². The average Bonchev–Trinajstić information content (AvgIpc) is 2.28. The summed E-state index contributed by atoms with van der Waals surface area (Å²) in [5, 5.41) is 0. The van der Waals surface area contributed by atoms with Crippen molar-refractivity contribution in [2.75, 3.05) is 12.9 Å². The van der Waals surface area contributed by atoms with Gasteiger partial charge in [0.2, 0.25) is 0 Å². The fraction of sp³-hybridized carbons (Fsp3) is 0.833. The quantitative estimate of drug-likeness (QED) is 0.704. The van der Waals surface area contributed by atoms with Crippen LogP contribution >= 0.6 is 0 Å². The van der Waals surface area contributed by atoms with E-state index >= 15 is 0 Å². The summed E-state index contributed by atoms with van der Waals surface area (Å²) < 4.78 is 15.9. The molecule has 0 aromatic heterocycles. The van der Waals surface area contributed by atoms with Gasteiger partial charge >= 0.3 is 5.97 Å². The average molecular weight is 260 g/mol. The second kappa shape index (κ2) is 6.28. The van der Waals surface area contributed by atoms with Crippen molar-refractivity contribution in [3.63, 3.8) is 0 Å². The van der Waals surface area contributed by atoms with Crippen molar-refractivity contribution < 1.29 is 18.5 Å². The van der Waals surface area contributed by atoms with Crippen molar-refractivity contribution >= 4 is 22.6 Å². The number of carbonyl (C=O) groups excluding carboxylic acids is 2. The van der Waals surface area contributed by atoms with E-state index in [0.29, 0.717) is 25.9 Å². The molecule has 98 valence electrons. The molecule has 0 bridgehead atoms. The Bertz CT molecular complexity index is 326. The molecule has 0 aliphatic heterocycles. The fourth-order valence-electron chi connectivity index (χ4n) is 2.31. The van der Waals surface area contributed by atoms with Crippen molar-refractivity contribution in [2.45, 2.75) is 50.2 Å². The minimum absolute atomic E-state index is 0.0499. The second-order valence-electron chi connectivity index (χ2n) is 4.38. The highest BCUT2D eigenvalue weighted by Crippen LogP contribution is 2.34. The lowest BCUT2D eigenvalue weighted by Gasteiger charge is -2.33. The van der Waals surface area contributed by atoms with Crippen LogP contribution in [0.2, 0.25) is 0 Å². The summed E-state index contributed by atoms with van der Waals surface area (Å²) in [7, 11) is -1.22. The van der Waals surface area contributed by atoms with Crippen molar-refractivity contribution in [3.8, 4) is 0 Å². The normalized spacial score (nSPS) is 26.6. The molecule has 0 radical (unpaired) electrons. The van der Waals surface area contributed by atoms with E-state index in [9.17, 15) is 13.8 Å². The first kappa shape index (κ1) is 14.4. The van der Waals surface area contributed by atoms with Crippen LogP contribution in [0.25, 0.3) is 0 Å². The fourth-order valence-corrected chi connectivity index (χ4v) is 3.56. The molecular weight excluding hydrogens is 240 g/mol. The lowest BCUT2D eigenvalue weighted by atomic mass is 9.84. The molecule has 2 atom stereocenters. The van der Waals surface area contributed by atoms with E-state index in [2.05, 4.69) is 0 Å². The van der Waals surface area contributed by atoms with E-state index in [1.54, 1.807) is 13.2 Å². The van der Waals surface area contributed by atoms with Gasteiger partial charge in [0.15, 0.2) is 5.78 Å². The molecule has 17 heavy (non-hydrogen) atoms. The lowest BCUT2D eigenvalue weighted by molar-refractivity contribution is -0.143. The van der Waals surface area contributed by atoms with Crippen LogP contribution < -0.4 is 0 Å². The minimum atomic E-state index is -1.22. The van der Waals surface area contributed by atoms with Crippen LogP contribution in [0.15, 0.2) is 0 Å². The molecule has 0 heterocycles. The highest BCUT2D eigenvalue weighted by atomic mass is 32.2. The van der Waals surface area contributed by atoms with Gasteiger partial charge in [-0.25, -0.2) is 0 Å². The number of ketones is 1. The molecule has 1 aliphatic rings. The van der Waals surface area contributed by atoms with Gasteiger partial charge in [0.1, 0.15) is 4.75 Å². The summed E-state index contributed by atoms with van der Waals surface area (Å²) in [6.45, 7) is 2.09. The maximum Gasteiger partial charge on any atom is 0.305 e. The maximum atomic E-state index is 12.0. The smallest absolute Gasteiger partial charge is 0.305 e. The third-order valence-electron chi connectivity index (χ3n) is 3.33. The van der Waals surface area contributed by atoms with Gasteiger partial charge < -0.3 is 4.74 Å². The van der Waals surface area contributed by atoms with Gasteiger partial charge in [-0.15, -0.1) is 0 Å². The summed E-state index contributed by atoms with van der Waals surface area (Å²) in [6, 6.07) is 0. The van der Waals surface area contributed by atoms with E-state index in [1.165, 1.54) is 0 Å². The Kier molecular flexibility index (Phi) is 5.31. The second-order valence-corrected chi connectivity index (χ2v) is 6.07. The highest BCUT2D eigenvalue weighted by molar-refractivity contribution is 7.86. The SMILES string of the molecule is CCOC(=O)CCC1(S(C)=O)CCCCC1=O. The summed E-state index contributed by atoms with van der Waals surface area (Å²) in [4.78, 5) is 23.3. The van der Waals surface area contributed by atoms with Crippen molar-refractivity contribution in [1.29, 1.82) is 0 Å². The number of esters is 1. The topological polar surface area (TPSA) is 60.4 Å². The molecule has 1 rings (SSSR count). The van der Waals surface area contributed by atoms with Gasteiger partial charge in [-0.3, -0.25) is 13.8 Å². The van der Waals surface area contributed by atoms with Gasteiger partial charge in [0.25, 0.3) is 0 Å². The molecule has 0 spiro atoms. The van der Waals surface area contributed by atoms with Crippen molar-refractivity contribution in [2.24, 2.45) is 0 Å². The van der Waals surface area contributed by atoms with Crippen LogP contribution in [-0.2, 0) is 25.1 Å². The van der Waals surface area contributed by atoms with Crippen LogP contribution in [0.4, 0.5) is 0 Å². The van der Waals surface area contributed by atoms with Gasteiger partial charge in [-0.1, -0.05) is 6.42 Å². The first-order chi connectivity index (χ1) is 8.03. The lowest BCUT2D eigenvalue weighted by Crippen LogP contribution is -2.45.